The van der Waals surface area contributed by atoms with Crippen LogP contribution in [0.3, 0.4) is 0 Å². The predicted octanol–water partition coefficient (Wildman–Crippen LogP) is 3.00. The Kier molecular flexibility index (Phi) is 6.26. The van der Waals surface area contributed by atoms with Gasteiger partial charge in [-0.3, -0.25) is 9.78 Å². The highest BCUT2D eigenvalue weighted by Gasteiger charge is 2.25. The van der Waals surface area contributed by atoms with Crippen LogP contribution in [0.15, 0.2) is 23.1 Å². The van der Waals surface area contributed by atoms with E-state index in [4.69, 9.17) is 9.26 Å². The van der Waals surface area contributed by atoms with E-state index in [0.29, 0.717) is 29.7 Å². The van der Waals surface area contributed by atoms with Crippen molar-refractivity contribution in [2.75, 3.05) is 13.1 Å². The molecule has 0 radical (unpaired) electrons. The summed E-state index contributed by atoms with van der Waals surface area (Å²) in [6, 6.07) is 0. The second-order valence-electron chi connectivity index (χ2n) is 7.68. The van der Waals surface area contributed by atoms with E-state index in [1.165, 1.54) is 25.7 Å². The molecular formula is C20H27N5O3. The molecule has 1 saturated heterocycles. The van der Waals surface area contributed by atoms with Gasteiger partial charge in [0.05, 0.1) is 12.3 Å². The minimum atomic E-state index is 0.116. The van der Waals surface area contributed by atoms with Crippen LogP contribution in [-0.4, -0.2) is 50.1 Å². The first-order valence-electron chi connectivity index (χ1n) is 10.3. The lowest BCUT2D eigenvalue weighted by molar-refractivity contribution is -0.134. The molecule has 0 atom stereocenters. The first-order chi connectivity index (χ1) is 13.8. The molecule has 150 valence electrons. The molecular weight excluding hydrogens is 358 g/mol. The lowest BCUT2D eigenvalue weighted by atomic mass is 10.0. The Bertz CT molecular complexity index is 752. The van der Waals surface area contributed by atoms with Crippen molar-refractivity contribution in [3.05, 3.63) is 24.5 Å². The number of carbonyl (C=O) groups excluding carboxylic acids is 1. The van der Waals surface area contributed by atoms with E-state index in [0.717, 1.165) is 38.3 Å². The second-order valence-corrected chi connectivity index (χ2v) is 7.68. The Hall–Kier alpha value is -2.35. The monoisotopic (exact) mass is 385 g/mol. The van der Waals surface area contributed by atoms with E-state index < -0.39 is 0 Å². The molecule has 1 aliphatic heterocycles. The summed E-state index contributed by atoms with van der Waals surface area (Å²) in [5.41, 5.74) is 0.571. The first-order valence-corrected chi connectivity index (χ1v) is 10.3. The topological polar surface area (TPSA) is 94.2 Å². The van der Waals surface area contributed by atoms with Gasteiger partial charge in [0.1, 0.15) is 12.3 Å². The molecule has 2 aliphatic rings. The van der Waals surface area contributed by atoms with Crippen LogP contribution in [0.4, 0.5) is 0 Å². The average Bonchev–Trinajstić information content (AvgIpc) is 3.44. The van der Waals surface area contributed by atoms with Crippen molar-refractivity contribution in [1.29, 1.82) is 0 Å². The number of amides is 1. The Balaban J connectivity index is 1.17. The van der Waals surface area contributed by atoms with Crippen LogP contribution in [-0.2, 0) is 16.1 Å². The van der Waals surface area contributed by atoms with Crippen molar-refractivity contribution in [3.63, 3.8) is 0 Å². The fourth-order valence-electron chi connectivity index (χ4n) is 4.08. The highest BCUT2D eigenvalue weighted by Crippen LogP contribution is 2.29. The number of hydrogen-bond donors (Lipinski definition) is 0. The number of likely N-dealkylation sites (tertiary alicyclic amines) is 1. The molecule has 1 amide bonds. The molecule has 2 aromatic rings. The van der Waals surface area contributed by atoms with Gasteiger partial charge in [-0.2, -0.15) is 4.98 Å². The standard InChI is InChI=1S/C20H27N5O3/c26-19(6-5-15-3-1-2-4-15)25-11-7-16(8-12-25)27-14-18-23-20(24-28-18)17-13-21-9-10-22-17/h9-10,13,15-16H,1-8,11-12,14H2. The normalized spacial score (nSPS) is 18.6. The van der Waals surface area contributed by atoms with Gasteiger partial charge in [-0.25, -0.2) is 4.98 Å². The molecule has 0 unspecified atom stereocenters. The van der Waals surface area contributed by atoms with Gasteiger partial charge in [-0.15, -0.1) is 0 Å². The van der Waals surface area contributed by atoms with E-state index >= 15 is 0 Å². The van der Waals surface area contributed by atoms with Crippen molar-refractivity contribution in [1.82, 2.24) is 25.0 Å². The minimum absolute atomic E-state index is 0.116. The molecule has 0 aromatic carbocycles. The molecule has 28 heavy (non-hydrogen) atoms. The first kappa shape index (κ1) is 19.0. The fraction of sp³-hybridized carbons (Fsp3) is 0.650. The summed E-state index contributed by atoms with van der Waals surface area (Å²) in [6.45, 7) is 1.80. The highest BCUT2D eigenvalue weighted by molar-refractivity contribution is 5.76. The van der Waals surface area contributed by atoms with E-state index in [1.807, 2.05) is 4.90 Å². The minimum Gasteiger partial charge on any atom is -0.368 e. The van der Waals surface area contributed by atoms with Crippen LogP contribution >= 0.6 is 0 Å². The van der Waals surface area contributed by atoms with E-state index in [1.54, 1.807) is 18.6 Å². The lowest BCUT2D eigenvalue weighted by Crippen LogP contribution is -2.40. The Morgan fingerprint density at radius 2 is 2.00 bits per heavy atom. The zero-order valence-corrected chi connectivity index (χ0v) is 16.1. The van der Waals surface area contributed by atoms with Gasteiger partial charge in [-0.1, -0.05) is 30.8 Å². The van der Waals surface area contributed by atoms with Crippen LogP contribution in [0, 0.1) is 5.92 Å². The average molecular weight is 385 g/mol. The fourth-order valence-corrected chi connectivity index (χ4v) is 4.08. The molecule has 8 heteroatoms. The number of rotatable bonds is 7. The van der Waals surface area contributed by atoms with Gasteiger partial charge in [0.25, 0.3) is 5.89 Å². The zero-order valence-electron chi connectivity index (χ0n) is 16.1. The molecule has 3 heterocycles. The van der Waals surface area contributed by atoms with Crippen molar-refractivity contribution in [2.45, 2.75) is 64.1 Å². The maximum absolute atomic E-state index is 12.4. The third-order valence-corrected chi connectivity index (χ3v) is 5.74. The molecule has 1 aliphatic carbocycles. The Morgan fingerprint density at radius 1 is 1.18 bits per heavy atom. The van der Waals surface area contributed by atoms with Crippen molar-refractivity contribution < 1.29 is 14.1 Å². The van der Waals surface area contributed by atoms with Crippen molar-refractivity contribution >= 4 is 5.91 Å². The summed E-state index contributed by atoms with van der Waals surface area (Å²) in [7, 11) is 0. The molecule has 0 bridgehead atoms. The molecule has 0 N–H and O–H groups in total. The number of piperidine rings is 1. The molecule has 4 rings (SSSR count). The molecule has 1 saturated carbocycles. The van der Waals surface area contributed by atoms with Gasteiger partial charge in [0.2, 0.25) is 11.7 Å². The van der Waals surface area contributed by atoms with Gasteiger partial charge < -0.3 is 14.2 Å². The van der Waals surface area contributed by atoms with Crippen LogP contribution in [0.5, 0.6) is 0 Å². The Morgan fingerprint density at radius 3 is 2.75 bits per heavy atom. The van der Waals surface area contributed by atoms with Crippen molar-refractivity contribution in [3.8, 4) is 11.5 Å². The summed E-state index contributed by atoms with van der Waals surface area (Å²) in [4.78, 5) is 26.9. The van der Waals surface area contributed by atoms with Crippen LogP contribution < -0.4 is 0 Å². The third-order valence-electron chi connectivity index (χ3n) is 5.74. The van der Waals surface area contributed by atoms with E-state index in [-0.39, 0.29) is 12.7 Å². The van der Waals surface area contributed by atoms with E-state index in [2.05, 4.69) is 20.1 Å². The largest absolute Gasteiger partial charge is 0.368 e. The smallest absolute Gasteiger partial charge is 0.253 e. The maximum atomic E-state index is 12.4. The number of hydrogen-bond acceptors (Lipinski definition) is 7. The Labute approximate surface area is 164 Å². The molecule has 0 spiro atoms. The van der Waals surface area contributed by atoms with Crippen LogP contribution in [0.25, 0.3) is 11.5 Å². The summed E-state index contributed by atoms with van der Waals surface area (Å²) >= 11 is 0. The second kappa shape index (κ2) is 9.23. The van der Waals surface area contributed by atoms with Crippen LogP contribution in [0.2, 0.25) is 0 Å². The zero-order chi connectivity index (χ0) is 19.2. The molecule has 2 fully saturated rings. The summed E-state index contributed by atoms with van der Waals surface area (Å²) in [5, 5.41) is 3.92. The molecule has 8 nitrogen and oxygen atoms in total. The van der Waals surface area contributed by atoms with Gasteiger partial charge >= 0.3 is 0 Å². The predicted molar refractivity (Wildman–Crippen MR) is 101 cm³/mol. The number of carbonyl (C=O) groups is 1. The summed E-state index contributed by atoms with van der Waals surface area (Å²) in [5.74, 6) is 1.91. The number of ether oxygens (including phenoxy) is 1. The van der Waals surface area contributed by atoms with Crippen molar-refractivity contribution in [2.24, 2.45) is 5.92 Å². The van der Waals surface area contributed by atoms with Crippen LogP contribution in [0.1, 0.15) is 57.3 Å². The number of nitrogens with zero attached hydrogens (tertiary/aromatic N) is 5. The maximum Gasteiger partial charge on any atom is 0.253 e. The summed E-state index contributed by atoms with van der Waals surface area (Å²) < 4.78 is 11.1. The quantitative estimate of drug-likeness (QED) is 0.723. The highest BCUT2D eigenvalue weighted by atomic mass is 16.5. The van der Waals surface area contributed by atoms with Gasteiger partial charge in [0, 0.05) is 31.9 Å². The van der Waals surface area contributed by atoms with Gasteiger partial charge in [-0.05, 0) is 25.2 Å². The SMILES string of the molecule is O=C(CCC1CCCC1)N1CCC(OCc2nc(-c3cnccn3)no2)CC1. The summed E-state index contributed by atoms with van der Waals surface area (Å²) in [6.07, 6.45) is 13.6. The van der Waals surface area contributed by atoms with E-state index in [9.17, 15) is 4.79 Å². The third kappa shape index (κ3) is 4.92. The molecule has 2 aromatic heterocycles. The van der Waals surface area contributed by atoms with Gasteiger partial charge in [0.15, 0.2) is 0 Å². The lowest BCUT2D eigenvalue weighted by Gasteiger charge is -2.32. The number of aromatic nitrogens is 4.